The van der Waals surface area contributed by atoms with Gasteiger partial charge in [0.15, 0.2) is 0 Å². The molecule has 0 aliphatic heterocycles. The highest BCUT2D eigenvalue weighted by Gasteiger charge is 2.42. The second-order valence-electron chi connectivity index (χ2n) is 3.28. The highest BCUT2D eigenvalue weighted by atomic mass is 16.1. The molecule has 11 heavy (non-hydrogen) atoms. The van der Waals surface area contributed by atoms with Crippen LogP contribution in [0.2, 0.25) is 0 Å². The van der Waals surface area contributed by atoms with Crippen LogP contribution in [0.1, 0.15) is 32.6 Å². The molecule has 0 heterocycles. The predicted molar refractivity (Wildman–Crippen MR) is 44.1 cm³/mol. The number of nitrogens with one attached hydrogen (secondary N) is 1. The van der Waals surface area contributed by atoms with Crippen molar-refractivity contribution >= 4 is 5.91 Å². The maximum atomic E-state index is 11.1. The topological polar surface area (TPSA) is 55.1 Å². The van der Waals surface area contributed by atoms with Crippen LogP contribution in [0.25, 0.3) is 0 Å². The van der Waals surface area contributed by atoms with Crippen molar-refractivity contribution in [2.24, 2.45) is 5.73 Å². The molecule has 1 fully saturated rings. The van der Waals surface area contributed by atoms with Crippen molar-refractivity contribution in [1.29, 1.82) is 0 Å². The molecule has 1 aliphatic carbocycles. The molecule has 1 rings (SSSR count). The van der Waals surface area contributed by atoms with Crippen molar-refractivity contribution in [2.75, 3.05) is 6.54 Å². The van der Waals surface area contributed by atoms with Crippen LogP contribution in [0.3, 0.4) is 0 Å². The van der Waals surface area contributed by atoms with Gasteiger partial charge in [0, 0.05) is 13.0 Å². The maximum Gasteiger partial charge on any atom is 0.220 e. The molecule has 0 aromatic carbocycles. The van der Waals surface area contributed by atoms with Gasteiger partial charge in [-0.1, -0.05) is 6.92 Å². The van der Waals surface area contributed by atoms with Crippen LogP contribution in [0.4, 0.5) is 0 Å². The van der Waals surface area contributed by atoms with E-state index in [9.17, 15) is 4.79 Å². The molecular weight excluding hydrogens is 140 g/mol. The van der Waals surface area contributed by atoms with Crippen LogP contribution in [0, 0.1) is 0 Å². The third-order valence-electron chi connectivity index (χ3n) is 2.13. The quantitative estimate of drug-likeness (QED) is 0.618. The predicted octanol–water partition coefficient (Wildman–Crippen LogP) is 0.394. The molecule has 3 heteroatoms. The minimum Gasteiger partial charge on any atom is -0.349 e. The van der Waals surface area contributed by atoms with Gasteiger partial charge >= 0.3 is 0 Å². The first kappa shape index (κ1) is 8.53. The Labute approximate surface area is 67.3 Å². The number of hydrogen-bond acceptors (Lipinski definition) is 2. The lowest BCUT2D eigenvalue weighted by atomic mass is 10.2. The van der Waals surface area contributed by atoms with Crippen molar-refractivity contribution < 1.29 is 4.79 Å². The summed E-state index contributed by atoms with van der Waals surface area (Å²) in [6.07, 6.45) is 3.64. The Kier molecular flexibility index (Phi) is 2.49. The second kappa shape index (κ2) is 3.22. The Hall–Kier alpha value is -0.570. The standard InChI is InChI=1S/C8H16N2O/c1-2-3-7(11)10-8(6-9)4-5-8/h2-6,9H2,1H3,(H,10,11). The summed E-state index contributed by atoms with van der Waals surface area (Å²) in [5, 5.41) is 2.95. The zero-order chi connectivity index (χ0) is 8.32. The van der Waals surface area contributed by atoms with Crippen LogP contribution in [0.5, 0.6) is 0 Å². The van der Waals surface area contributed by atoms with Crippen LogP contribution < -0.4 is 11.1 Å². The van der Waals surface area contributed by atoms with Crippen molar-refractivity contribution in [3.63, 3.8) is 0 Å². The molecule has 0 saturated heterocycles. The summed E-state index contributed by atoms with van der Waals surface area (Å²) in [5.74, 6) is 0.149. The number of nitrogens with two attached hydrogens (primary N) is 1. The van der Waals surface area contributed by atoms with E-state index in [1.807, 2.05) is 6.92 Å². The first-order valence-corrected chi connectivity index (χ1v) is 4.23. The average Bonchev–Trinajstić information content (AvgIpc) is 2.70. The van der Waals surface area contributed by atoms with Crippen LogP contribution in [0.15, 0.2) is 0 Å². The van der Waals surface area contributed by atoms with Crippen molar-refractivity contribution in [1.82, 2.24) is 5.32 Å². The van der Waals surface area contributed by atoms with Gasteiger partial charge in [0.05, 0.1) is 5.54 Å². The summed E-state index contributed by atoms with van der Waals surface area (Å²) in [6, 6.07) is 0. The molecule has 0 aromatic heterocycles. The van der Waals surface area contributed by atoms with Crippen LogP contribution in [-0.4, -0.2) is 18.0 Å². The molecule has 3 nitrogen and oxygen atoms in total. The van der Waals surface area contributed by atoms with Crippen LogP contribution in [-0.2, 0) is 4.79 Å². The summed E-state index contributed by atoms with van der Waals surface area (Å²) in [5.41, 5.74) is 5.49. The third-order valence-corrected chi connectivity index (χ3v) is 2.13. The summed E-state index contributed by atoms with van der Waals surface area (Å²) >= 11 is 0. The molecule has 0 unspecified atom stereocenters. The molecule has 1 saturated carbocycles. The van der Waals surface area contributed by atoms with Gasteiger partial charge in [0.2, 0.25) is 5.91 Å². The van der Waals surface area contributed by atoms with E-state index >= 15 is 0 Å². The fourth-order valence-electron chi connectivity index (χ4n) is 1.12. The van der Waals surface area contributed by atoms with Gasteiger partial charge in [0.1, 0.15) is 0 Å². The Morgan fingerprint density at radius 1 is 1.64 bits per heavy atom. The number of amides is 1. The van der Waals surface area contributed by atoms with E-state index in [0.29, 0.717) is 13.0 Å². The first-order valence-electron chi connectivity index (χ1n) is 4.23. The SMILES string of the molecule is CCCC(=O)NC1(CN)CC1. The molecule has 0 bridgehead atoms. The smallest absolute Gasteiger partial charge is 0.220 e. The molecular formula is C8H16N2O. The third kappa shape index (κ3) is 2.19. The zero-order valence-electron chi connectivity index (χ0n) is 7.02. The monoisotopic (exact) mass is 156 g/mol. The van der Waals surface area contributed by atoms with E-state index < -0.39 is 0 Å². The van der Waals surface area contributed by atoms with E-state index in [1.54, 1.807) is 0 Å². The molecule has 0 atom stereocenters. The fraction of sp³-hybridized carbons (Fsp3) is 0.875. The number of carbonyl (C=O) groups is 1. The van der Waals surface area contributed by atoms with Crippen molar-refractivity contribution in [2.45, 2.75) is 38.1 Å². The summed E-state index contributed by atoms with van der Waals surface area (Å²) < 4.78 is 0. The van der Waals surface area contributed by atoms with Crippen molar-refractivity contribution in [3.8, 4) is 0 Å². The molecule has 1 amide bonds. The van der Waals surface area contributed by atoms with Gasteiger partial charge in [-0.25, -0.2) is 0 Å². The first-order chi connectivity index (χ1) is 5.22. The van der Waals surface area contributed by atoms with E-state index in [2.05, 4.69) is 5.32 Å². The van der Waals surface area contributed by atoms with Gasteiger partial charge in [0.25, 0.3) is 0 Å². The Morgan fingerprint density at radius 3 is 2.64 bits per heavy atom. The zero-order valence-corrected chi connectivity index (χ0v) is 7.02. The second-order valence-corrected chi connectivity index (χ2v) is 3.28. The minimum absolute atomic E-state index is 0.00769. The highest BCUT2D eigenvalue weighted by Crippen LogP contribution is 2.33. The van der Waals surface area contributed by atoms with E-state index in [0.717, 1.165) is 19.3 Å². The Balaban J connectivity index is 2.24. The minimum atomic E-state index is -0.00769. The Morgan fingerprint density at radius 2 is 2.27 bits per heavy atom. The fourth-order valence-corrected chi connectivity index (χ4v) is 1.12. The normalized spacial score (nSPS) is 19.5. The average molecular weight is 156 g/mol. The van der Waals surface area contributed by atoms with Crippen LogP contribution >= 0.6 is 0 Å². The molecule has 0 aromatic rings. The lowest BCUT2D eigenvalue weighted by molar-refractivity contribution is -0.122. The maximum absolute atomic E-state index is 11.1. The van der Waals surface area contributed by atoms with E-state index in [-0.39, 0.29) is 11.4 Å². The molecule has 0 spiro atoms. The van der Waals surface area contributed by atoms with Gasteiger partial charge < -0.3 is 11.1 Å². The molecule has 64 valence electrons. The number of carbonyl (C=O) groups excluding carboxylic acids is 1. The van der Waals surface area contributed by atoms with Crippen molar-refractivity contribution in [3.05, 3.63) is 0 Å². The van der Waals surface area contributed by atoms with E-state index in [1.165, 1.54) is 0 Å². The number of rotatable bonds is 4. The molecule has 0 radical (unpaired) electrons. The highest BCUT2D eigenvalue weighted by molar-refractivity contribution is 5.77. The van der Waals surface area contributed by atoms with Gasteiger partial charge in [-0.15, -0.1) is 0 Å². The molecule has 3 N–H and O–H groups in total. The van der Waals surface area contributed by atoms with Gasteiger partial charge in [-0.3, -0.25) is 4.79 Å². The lowest BCUT2D eigenvalue weighted by Gasteiger charge is -2.13. The Bertz CT molecular complexity index is 152. The lowest BCUT2D eigenvalue weighted by Crippen LogP contribution is -2.42. The summed E-state index contributed by atoms with van der Waals surface area (Å²) in [4.78, 5) is 11.1. The van der Waals surface area contributed by atoms with Gasteiger partial charge in [-0.2, -0.15) is 0 Å². The van der Waals surface area contributed by atoms with Gasteiger partial charge in [-0.05, 0) is 19.3 Å². The summed E-state index contributed by atoms with van der Waals surface area (Å²) in [7, 11) is 0. The van der Waals surface area contributed by atoms with E-state index in [4.69, 9.17) is 5.73 Å². The molecule has 1 aliphatic rings. The summed E-state index contributed by atoms with van der Waals surface area (Å²) in [6.45, 7) is 2.59. The largest absolute Gasteiger partial charge is 0.349 e. The number of hydrogen-bond donors (Lipinski definition) is 2.